The summed E-state index contributed by atoms with van der Waals surface area (Å²) >= 11 is 0. The molecule has 2 N–H and O–H groups in total. The number of fused-ring (bicyclic) bond motifs is 1. The first-order valence-corrected chi connectivity index (χ1v) is 12.7. The lowest BCUT2D eigenvalue weighted by atomic mass is 9.88. The van der Waals surface area contributed by atoms with Gasteiger partial charge in [-0.25, -0.2) is 4.39 Å². The number of halogens is 3. The number of benzene rings is 2. The van der Waals surface area contributed by atoms with Crippen molar-refractivity contribution in [1.29, 1.82) is 0 Å². The minimum atomic E-state index is -0.168. The highest BCUT2D eigenvalue weighted by atomic mass is 35.5. The van der Waals surface area contributed by atoms with E-state index in [0.29, 0.717) is 19.6 Å². The number of amides is 1. The van der Waals surface area contributed by atoms with Crippen molar-refractivity contribution in [1.82, 2.24) is 14.4 Å². The van der Waals surface area contributed by atoms with Gasteiger partial charge in [-0.1, -0.05) is 36.8 Å². The summed E-state index contributed by atoms with van der Waals surface area (Å²) in [5, 5.41) is 1.02. The van der Waals surface area contributed by atoms with E-state index >= 15 is 0 Å². The molecule has 0 saturated carbocycles. The minimum absolute atomic E-state index is 0. The SMILES string of the molecule is Cl.Cl.NCc1ccc(F)c(C2CCN(C(=O)c3cn(CCN4CCCCC4)c4ccccc34)CC2)c1. The van der Waals surface area contributed by atoms with Gasteiger partial charge in [0, 0.05) is 49.8 Å². The lowest BCUT2D eigenvalue weighted by Crippen LogP contribution is -2.38. The molecule has 2 fully saturated rings. The molecule has 5 rings (SSSR count). The van der Waals surface area contributed by atoms with Gasteiger partial charge in [0.2, 0.25) is 0 Å². The fourth-order valence-corrected chi connectivity index (χ4v) is 5.63. The van der Waals surface area contributed by atoms with Gasteiger partial charge in [-0.3, -0.25) is 4.79 Å². The van der Waals surface area contributed by atoms with E-state index in [9.17, 15) is 9.18 Å². The van der Waals surface area contributed by atoms with Crippen molar-refractivity contribution in [2.45, 2.75) is 51.1 Å². The molecule has 0 atom stereocenters. The van der Waals surface area contributed by atoms with Crippen LogP contribution < -0.4 is 5.73 Å². The Morgan fingerprint density at radius 1 is 0.944 bits per heavy atom. The van der Waals surface area contributed by atoms with Gasteiger partial charge in [-0.15, -0.1) is 24.8 Å². The van der Waals surface area contributed by atoms with Crippen molar-refractivity contribution in [2.24, 2.45) is 5.73 Å². The van der Waals surface area contributed by atoms with E-state index in [2.05, 4.69) is 21.6 Å². The highest BCUT2D eigenvalue weighted by Gasteiger charge is 2.28. The third kappa shape index (κ3) is 6.05. The highest BCUT2D eigenvalue weighted by molar-refractivity contribution is 6.07. The van der Waals surface area contributed by atoms with Crippen LogP contribution in [0.15, 0.2) is 48.7 Å². The van der Waals surface area contributed by atoms with Crippen LogP contribution in [0.25, 0.3) is 10.9 Å². The number of rotatable bonds is 6. The van der Waals surface area contributed by atoms with Crippen LogP contribution in [0.3, 0.4) is 0 Å². The molecule has 2 aromatic carbocycles. The number of para-hydroxylation sites is 1. The van der Waals surface area contributed by atoms with Gasteiger partial charge < -0.3 is 20.1 Å². The maximum atomic E-state index is 14.5. The Labute approximate surface area is 225 Å². The van der Waals surface area contributed by atoms with Crippen LogP contribution in [0.1, 0.15) is 59.5 Å². The molecule has 0 radical (unpaired) electrons. The van der Waals surface area contributed by atoms with Gasteiger partial charge >= 0.3 is 0 Å². The van der Waals surface area contributed by atoms with Crippen LogP contribution in [0, 0.1) is 5.82 Å². The molecule has 3 aromatic rings. The molecule has 8 heteroatoms. The number of aromatic nitrogens is 1. The topological polar surface area (TPSA) is 54.5 Å². The van der Waals surface area contributed by atoms with Crippen LogP contribution in [-0.4, -0.2) is 53.0 Å². The number of likely N-dealkylation sites (tertiary alicyclic amines) is 2. The molecule has 36 heavy (non-hydrogen) atoms. The molecular formula is C28H37Cl2FN4O. The Kier molecular flexibility index (Phi) is 10.2. The summed E-state index contributed by atoms with van der Waals surface area (Å²) in [5.41, 5.74) is 9.35. The molecule has 1 aromatic heterocycles. The van der Waals surface area contributed by atoms with Gasteiger partial charge in [0.25, 0.3) is 5.91 Å². The smallest absolute Gasteiger partial charge is 0.256 e. The maximum Gasteiger partial charge on any atom is 0.256 e. The van der Waals surface area contributed by atoms with Crippen LogP contribution in [-0.2, 0) is 13.1 Å². The van der Waals surface area contributed by atoms with Crippen molar-refractivity contribution in [3.8, 4) is 0 Å². The van der Waals surface area contributed by atoms with Crippen molar-refractivity contribution in [3.05, 3.63) is 71.2 Å². The third-order valence-corrected chi connectivity index (χ3v) is 7.64. The summed E-state index contributed by atoms with van der Waals surface area (Å²) in [7, 11) is 0. The first-order chi connectivity index (χ1) is 16.6. The number of carbonyl (C=O) groups excluding carboxylic acids is 1. The molecule has 1 amide bonds. The Balaban J connectivity index is 0.00000180. The quantitative estimate of drug-likeness (QED) is 0.448. The summed E-state index contributed by atoms with van der Waals surface area (Å²) in [6, 6.07) is 13.4. The Morgan fingerprint density at radius 2 is 1.67 bits per heavy atom. The zero-order valence-electron chi connectivity index (χ0n) is 20.7. The van der Waals surface area contributed by atoms with Crippen molar-refractivity contribution in [3.63, 3.8) is 0 Å². The number of nitrogens with two attached hydrogens (primary N) is 1. The van der Waals surface area contributed by atoms with Gasteiger partial charge in [0.1, 0.15) is 5.82 Å². The molecule has 2 saturated heterocycles. The van der Waals surface area contributed by atoms with Gasteiger partial charge in [0.15, 0.2) is 0 Å². The molecular weight excluding hydrogens is 498 g/mol. The van der Waals surface area contributed by atoms with Crippen molar-refractivity contribution >= 4 is 41.6 Å². The summed E-state index contributed by atoms with van der Waals surface area (Å²) in [5.74, 6) is 0.0442. The molecule has 0 spiro atoms. The zero-order chi connectivity index (χ0) is 23.5. The van der Waals surface area contributed by atoms with Gasteiger partial charge in [0.05, 0.1) is 5.56 Å². The largest absolute Gasteiger partial charge is 0.345 e. The first-order valence-electron chi connectivity index (χ1n) is 12.7. The molecule has 3 heterocycles. The average Bonchev–Trinajstić information content (AvgIpc) is 3.27. The summed E-state index contributed by atoms with van der Waals surface area (Å²) in [4.78, 5) is 18.0. The highest BCUT2D eigenvalue weighted by Crippen LogP contribution is 2.32. The second kappa shape index (κ2) is 12.9. The van der Waals surface area contributed by atoms with Crippen LogP contribution in [0.4, 0.5) is 4.39 Å². The fourth-order valence-electron chi connectivity index (χ4n) is 5.63. The lowest BCUT2D eigenvalue weighted by Gasteiger charge is -2.32. The predicted octanol–water partition coefficient (Wildman–Crippen LogP) is 5.59. The minimum Gasteiger partial charge on any atom is -0.345 e. The molecule has 2 aliphatic heterocycles. The maximum absolute atomic E-state index is 14.5. The summed E-state index contributed by atoms with van der Waals surface area (Å²) in [6.45, 7) is 5.96. The van der Waals surface area contributed by atoms with Gasteiger partial charge in [-0.05, 0) is 68.0 Å². The van der Waals surface area contributed by atoms with Crippen LogP contribution in [0.2, 0.25) is 0 Å². The molecule has 0 aliphatic carbocycles. The van der Waals surface area contributed by atoms with Crippen LogP contribution >= 0.6 is 24.8 Å². The van der Waals surface area contributed by atoms with Crippen molar-refractivity contribution < 1.29 is 9.18 Å². The average molecular weight is 536 g/mol. The molecule has 2 aliphatic rings. The number of hydrogen-bond acceptors (Lipinski definition) is 3. The van der Waals surface area contributed by atoms with Gasteiger partial charge in [-0.2, -0.15) is 0 Å². The Morgan fingerprint density at radius 3 is 2.39 bits per heavy atom. The standard InChI is InChI=1S/C28H35FN4O.2ClH/c29-26-9-8-21(19-30)18-24(26)22-10-14-32(15-11-22)28(34)25-20-33(27-7-3-2-6-23(25)27)17-16-31-12-4-1-5-13-31;;/h2-3,6-9,18,20,22H,1,4-5,10-17,19,30H2;2*1H. The fraction of sp³-hybridized carbons (Fsp3) is 0.464. The van der Waals surface area contributed by atoms with E-state index in [1.807, 2.05) is 29.3 Å². The molecule has 196 valence electrons. The third-order valence-electron chi connectivity index (χ3n) is 7.64. The molecule has 0 unspecified atom stereocenters. The van der Waals surface area contributed by atoms with Crippen LogP contribution in [0.5, 0.6) is 0 Å². The van der Waals surface area contributed by atoms with E-state index in [-0.39, 0.29) is 42.5 Å². The number of hydrogen-bond donors (Lipinski definition) is 1. The second-order valence-corrected chi connectivity index (χ2v) is 9.78. The summed E-state index contributed by atoms with van der Waals surface area (Å²) < 4.78 is 16.7. The number of nitrogens with zero attached hydrogens (tertiary/aromatic N) is 3. The Bertz CT molecular complexity index is 1150. The Hall–Kier alpha value is -2.12. The van der Waals surface area contributed by atoms with Crippen molar-refractivity contribution in [2.75, 3.05) is 32.7 Å². The number of carbonyl (C=O) groups is 1. The van der Waals surface area contributed by atoms with E-state index in [1.165, 1.54) is 38.4 Å². The second-order valence-electron chi connectivity index (χ2n) is 9.78. The normalized spacial score (nSPS) is 17.0. The molecule has 0 bridgehead atoms. The number of piperidine rings is 2. The van der Waals surface area contributed by atoms with E-state index < -0.39 is 0 Å². The monoisotopic (exact) mass is 534 g/mol. The lowest BCUT2D eigenvalue weighted by molar-refractivity contribution is 0.0714. The van der Waals surface area contributed by atoms with E-state index in [4.69, 9.17) is 5.73 Å². The predicted molar refractivity (Wildman–Crippen MR) is 149 cm³/mol. The first kappa shape index (κ1) is 28.5. The van der Waals surface area contributed by atoms with E-state index in [1.54, 1.807) is 6.07 Å². The molecule has 5 nitrogen and oxygen atoms in total. The zero-order valence-corrected chi connectivity index (χ0v) is 22.3. The summed E-state index contributed by atoms with van der Waals surface area (Å²) in [6.07, 6.45) is 7.49. The van der Waals surface area contributed by atoms with E-state index in [0.717, 1.165) is 53.5 Å².